The van der Waals surface area contributed by atoms with Gasteiger partial charge in [-0.15, -0.1) is 0 Å². The molecule has 0 aromatic rings. The minimum atomic E-state index is 0.471. The first-order chi connectivity index (χ1) is 6.35. The molecule has 1 aliphatic heterocycles. The molecule has 3 atom stereocenters. The Balaban J connectivity index is 1.82. The highest BCUT2D eigenvalue weighted by Gasteiger charge is 2.37. The maximum atomic E-state index is 5.70. The molecule has 13 heavy (non-hydrogen) atoms. The number of hydrogen-bond acceptors (Lipinski definition) is 3. The molecule has 3 heteroatoms. The Kier molecular flexibility index (Phi) is 2.86. The van der Waals surface area contributed by atoms with Crippen molar-refractivity contribution >= 4 is 0 Å². The first-order valence-corrected chi connectivity index (χ1v) is 5.32. The topological polar surface area (TPSA) is 38.5 Å². The summed E-state index contributed by atoms with van der Waals surface area (Å²) in [4.78, 5) is 2.56. The number of methoxy groups -OCH3 is 1. The minimum Gasteiger partial charge on any atom is -0.380 e. The summed E-state index contributed by atoms with van der Waals surface area (Å²) < 4.78 is 5.36. The molecule has 1 aliphatic carbocycles. The number of likely N-dealkylation sites (tertiary alicyclic amines) is 1. The van der Waals surface area contributed by atoms with Crippen molar-refractivity contribution in [1.82, 2.24) is 4.90 Å². The highest BCUT2D eigenvalue weighted by molar-refractivity contribution is 4.92. The van der Waals surface area contributed by atoms with Gasteiger partial charge >= 0.3 is 0 Å². The van der Waals surface area contributed by atoms with Crippen LogP contribution >= 0.6 is 0 Å². The van der Waals surface area contributed by atoms with E-state index in [9.17, 15) is 0 Å². The van der Waals surface area contributed by atoms with Crippen molar-refractivity contribution in [2.45, 2.75) is 31.4 Å². The van der Waals surface area contributed by atoms with Crippen LogP contribution < -0.4 is 5.73 Å². The maximum Gasteiger partial charge on any atom is 0.0710 e. The van der Waals surface area contributed by atoms with Crippen LogP contribution in [0.1, 0.15) is 19.3 Å². The maximum absolute atomic E-state index is 5.70. The molecule has 1 heterocycles. The number of ether oxygens (including phenoxy) is 1. The molecular formula is C10H20N2O. The number of nitrogens with zero attached hydrogens (tertiary/aromatic N) is 1. The molecule has 2 aliphatic rings. The van der Waals surface area contributed by atoms with E-state index in [1.54, 1.807) is 0 Å². The lowest BCUT2D eigenvalue weighted by Crippen LogP contribution is -2.49. The van der Waals surface area contributed by atoms with Crippen molar-refractivity contribution in [3.8, 4) is 0 Å². The third kappa shape index (κ3) is 1.73. The van der Waals surface area contributed by atoms with Gasteiger partial charge in [0.2, 0.25) is 0 Å². The molecule has 0 amide bonds. The molecule has 76 valence electrons. The molecule has 3 nitrogen and oxygen atoms in total. The molecule has 0 aromatic carbocycles. The van der Waals surface area contributed by atoms with Crippen LogP contribution in [-0.4, -0.2) is 43.8 Å². The zero-order valence-electron chi connectivity index (χ0n) is 8.41. The molecule has 3 unspecified atom stereocenters. The molecule has 2 fully saturated rings. The Morgan fingerprint density at radius 3 is 2.69 bits per heavy atom. The van der Waals surface area contributed by atoms with Gasteiger partial charge in [0.25, 0.3) is 0 Å². The zero-order valence-corrected chi connectivity index (χ0v) is 8.41. The van der Waals surface area contributed by atoms with Crippen LogP contribution in [0.5, 0.6) is 0 Å². The smallest absolute Gasteiger partial charge is 0.0710 e. The van der Waals surface area contributed by atoms with E-state index in [0.29, 0.717) is 6.10 Å². The van der Waals surface area contributed by atoms with Crippen LogP contribution in [0, 0.1) is 5.92 Å². The highest BCUT2D eigenvalue weighted by Crippen LogP contribution is 2.33. The van der Waals surface area contributed by atoms with Gasteiger partial charge in [0.15, 0.2) is 0 Å². The van der Waals surface area contributed by atoms with Crippen LogP contribution in [0.15, 0.2) is 0 Å². The van der Waals surface area contributed by atoms with Crippen molar-refractivity contribution in [3.05, 3.63) is 0 Å². The van der Waals surface area contributed by atoms with Gasteiger partial charge in [0, 0.05) is 26.2 Å². The van der Waals surface area contributed by atoms with Crippen LogP contribution in [0.4, 0.5) is 0 Å². The molecule has 0 bridgehead atoms. The lowest BCUT2D eigenvalue weighted by molar-refractivity contribution is 0.0589. The number of rotatable bonds is 3. The van der Waals surface area contributed by atoms with E-state index in [0.717, 1.165) is 25.0 Å². The average Bonchev–Trinajstić information content (AvgIpc) is 2.52. The Morgan fingerprint density at radius 1 is 1.38 bits per heavy atom. The molecule has 2 N–H and O–H groups in total. The highest BCUT2D eigenvalue weighted by atomic mass is 16.5. The largest absolute Gasteiger partial charge is 0.380 e. The van der Waals surface area contributed by atoms with Crippen LogP contribution in [-0.2, 0) is 4.74 Å². The van der Waals surface area contributed by atoms with Gasteiger partial charge in [-0.25, -0.2) is 0 Å². The van der Waals surface area contributed by atoms with Crippen molar-refractivity contribution < 1.29 is 4.74 Å². The number of nitrogens with two attached hydrogens (primary N) is 1. The standard InChI is InChI=1S/C10H20N2O/c1-13-9-4-5-12(7-9)10-3-2-8(10)6-11/h8-10H,2-7,11H2,1H3. The molecule has 0 aromatic heterocycles. The predicted octanol–water partition coefficient (Wildman–Crippen LogP) is 0.444. The van der Waals surface area contributed by atoms with Crippen molar-refractivity contribution in [2.75, 3.05) is 26.7 Å². The lowest BCUT2D eigenvalue weighted by Gasteiger charge is -2.42. The summed E-state index contributed by atoms with van der Waals surface area (Å²) in [6.45, 7) is 3.19. The molecule has 0 radical (unpaired) electrons. The fourth-order valence-electron chi connectivity index (χ4n) is 2.55. The second-order valence-electron chi connectivity index (χ2n) is 4.28. The van der Waals surface area contributed by atoms with Gasteiger partial charge in [0.05, 0.1) is 6.10 Å². The van der Waals surface area contributed by atoms with Crippen molar-refractivity contribution in [3.63, 3.8) is 0 Å². The molecular weight excluding hydrogens is 164 g/mol. The first-order valence-electron chi connectivity index (χ1n) is 5.32. The van der Waals surface area contributed by atoms with Crippen molar-refractivity contribution in [1.29, 1.82) is 0 Å². The summed E-state index contributed by atoms with van der Waals surface area (Å²) in [5.74, 6) is 0.760. The third-order valence-corrected chi connectivity index (χ3v) is 3.66. The second-order valence-corrected chi connectivity index (χ2v) is 4.28. The monoisotopic (exact) mass is 184 g/mol. The van der Waals surface area contributed by atoms with Crippen LogP contribution in [0.2, 0.25) is 0 Å². The van der Waals surface area contributed by atoms with E-state index in [1.807, 2.05) is 7.11 Å². The summed E-state index contributed by atoms with van der Waals surface area (Å²) in [5.41, 5.74) is 5.70. The van der Waals surface area contributed by atoms with Crippen molar-refractivity contribution in [2.24, 2.45) is 11.7 Å². The van der Waals surface area contributed by atoms with Gasteiger partial charge in [-0.3, -0.25) is 4.90 Å². The predicted molar refractivity (Wildman–Crippen MR) is 52.6 cm³/mol. The average molecular weight is 184 g/mol. The first kappa shape index (κ1) is 9.44. The molecule has 1 saturated carbocycles. The lowest BCUT2D eigenvalue weighted by atomic mass is 9.79. The summed E-state index contributed by atoms with van der Waals surface area (Å²) in [6, 6.07) is 0.769. The summed E-state index contributed by atoms with van der Waals surface area (Å²) in [6.07, 6.45) is 4.34. The summed E-state index contributed by atoms with van der Waals surface area (Å²) in [7, 11) is 1.81. The van der Waals surface area contributed by atoms with E-state index < -0.39 is 0 Å². The quantitative estimate of drug-likeness (QED) is 0.692. The SMILES string of the molecule is COC1CCN(C2CCC2CN)C1. The van der Waals surface area contributed by atoms with E-state index in [1.165, 1.54) is 25.8 Å². The van der Waals surface area contributed by atoms with E-state index in [4.69, 9.17) is 10.5 Å². The van der Waals surface area contributed by atoms with E-state index in [2.05, 4.69) is 4.90 Å². The Hall–Kier alpha value is -0.120. The summed E-state index contributed by atoms with van der Waals surface area (Å²) in [5, 5.41) is 0. The Morgan fingerprint density at radius 2 is 2.23 bits per heavy atom. The van der Waals surface area contributed by atoms with Crippen LogP contribution in [0.25, 0.3) is 0 Å². The third-order valence-electron chi connectivity index (χ3n) is 3.66. The van der Waals surface area contributed by atoms with Gasteiger partial charge in [0.1, 0.15) is 0 Å². The molecule has 0 spiro atoms. The second kappa shape index (κ2) is 3.95. The zero-order chi connectivity index (χ0) is 9.26. The fraction of sp³-hybridized carbons (Fsp3) is 1.00. The van der Waals surface area contributed by atoms with Gasteiger partial charge < -0.3 is 10.5 Å². The normalized spacial score (nSPS) is 40.6. The number of hydrogen-bond donors (Lipinski definition) is 1. The fourth-order valence-corrected chi connectivity index (χ4v) is 2.55. The van der Waals surface area contributed by atoms with Gasteiger partial charge in [-0.1, -0.05) is 0 Å². The minimum absolute atomic E-state index is 0.471. The molecule has 1 saturated heterocycles. The van der Waals surface area contributed by atoms with E-state index >= 15 is 0 Å². The Bertz CT molecular complexity index is 172. The van der Waals surface area contributed by atoms with Gasteiger partial charge in [-0.2, -0.15) is 0 Å². The van der Waals surface area contributed by atoms with Crippen LogP contribution in [0.3, 0.4) is 0 Å². The summed E-state index contributed by atoms with van der Waals surface area (Å²) >= 11 is 0. The molecule has 2 rings (SSSR count). The van der Waals surface area contributed by atoms with Gasteiger partial charge in [-0.05, 0) is 31.7 Å². The Labute approximate surface area is 80.2 Å². The van der Waals surface area contributed by atoms with E-state index in [-0.39, 0.29) is 0 Å².